The van der Waals surface area contributed by atoms with Crippen molar-refractivity contribution >= 4 is 23.0 Å². The van der Waals surface area contributed by atoms with Crippen molar-refractivity contribution in [3.8, 4) is 12.1 Å². The molecule has 0 spiro atoms. The first kappa shape index (κ1) is 11.2. The third-order valence-corrected chi connectivity index (χ3v) is 2.65. The van der Waals surface area contributed by atoms with E-state index in [1.54, 1.807) is 18.2 Å². The van der Waals surface area contributed by atoms with Gasteiger partial charge in [-0.05, 0) is 5.92 Å². The molecule has 0 bridgehead atoms. The molecule has 1 heterocycles. The van der Waals surface area contributed by atoms with Crippen LogP contribution in [0.1, 0.15) is 13.8 Å². The van der Waals surface area contributed by atoms with Gasteiger partial charge in [-0.15, -0.1) is 11.3 Å². The second-order valence-electron chi connectivity index (χ2n) is 3.26. The maximum absolute atomic E-state index is 11.4. The van der Waals surface area contributed by atoms with Crippen LogP contribution in [-0.2, 0) is 0 Å². The van der Waals surface area contributed by atoms with Gasteiger partial charge in [0.15, 0.2) is 5.57 Å². The molecule has 0 unspecified atom stereocenters. The molecule has 0 aliphatic rings. The predicted molar refractivity (Wildman–Crippen MR) is 58.1 cm³/mol. The molecular weight excluding hydrogens is 210 g/mol. The lowest BCUT2D eigenvalue weighted by Gasteiger charge is -1.87. The van der Waals surface area contributed by atoms with Crippen LogP contribution < -0.4 is 14.8 Å². The van der Waals surface area contributed by atoms with E-state index in [0.29, 0.717) is 9.20 Å². The highest BCUT2D eigenvalue weighted by atomic mass is 32.1. The van der Waals surface area contributed by atoms with Crippen LogP contribution in [0.3, 0.4) is 0 Å². The molecule has 0 fully saturated rings. The van der Waals surface area contributed by atoms with Crippen LogP contribution in [0.2, 0.25) is 0 Å². The van der Waals surface area contributed by atoms with E-state index in [0.717, 1.165) is 11.3 Å². The molecule has 4 nitrogen and oxygen atoms in total. The molecule has 15 heavy (non-hydrogen) atoms. The lowest BCUT2D eigenvalue weighted by atomic mass is 10.2. The molecule has 1 aromatic rings. The second-order valence-corrected chi connectivity index (χ2v) is 4.31. The third kappa shape index (κ3) is 2.55. The van der Waals surface area contributed by atoms with Gasteiger partial charge in [-0.3, -0.25) is 4.79 Å². The van der Waals surface area contributed by atoms with E-state index in [9.17, 15) is 4.79 Å². The fourth-order valence-electron chi connectivity index (χ4n) is 0.999. The van der Waals surface area contributed by atoms with Crippen LogP contribution in [0.25, 0.3) is 11.6 Å². The van der Waals surface area contributed by atoms with E-state index in [2.05, 4.69) is 4.98 Å². The number of nitrogens with zero attached hydrogens (tertiary/aromatic N) is 2. The summed E-state index contributed by atoms with van der Waals surface area (Å²) in [5.74, 6) is 0.255. The molecule has 76 valence electrons. The summed E-state index contributed by atoms with van der Waals surface area (Å²) in [5.41, 5.74) is -0.299. The molecule has 0 aromatic carbocycles. The Morgan fingerprint density at radius 2 is 2.07 bits per heavy atom. The second kappa shape index (κ2) is 4.59. The van der Waals surface area contributed by atoms with Gasteiger partial charge >= 0.3 is 0 Å². The number of aromatic nitrogens is 1. The molecule has 0 atom stereocenters. The summed E-state index contributed by atoms with van der Waals surface area (Å²) in [4.78, 5) is 13.9. The molecule has 0 aliphatic carbocycles. The highest BCUT2D eigenvalue weighted by Gasteiger charge is 2.00. The minimum atomic E-state index is -0.244. The molecule has 5 heteroatoms. The van der Waals surface area contributed by atoms with Crippen LogP contribution in [-0.4, -0.2) is 4.98 Å². The lowest BCUT2D eigenvalue weighted by Crippen LogP contribution is -2.20. The van der Waals surface area contributed by atoms with Crippen molar-refractivity contribution in [3.63, 3.8) is 0 Å². The van der Waals surface area contributed by atoms with Crippen molar-refractivity contribution in [3.05, 3.63) is 19.5 Å². The van der Waals surface area contributed by atoms with Gasteiger partial charge in [0.05, 0.1) is 4.53 Å². The standard InChI is InChI=1S/C10H9N3OS/c1-6(2)3-8-9(14)13-10(15-8)7(4-11)5-12/h3,6H,1-2H3,(H,13,14)/b8-3+. The number of aromatic amines is 1. The summed E-state index contributed by atoms with van der Waals surface area (Å²) >= 11 is 1.14. The van der Waals surface area contributed by atoms with E-state index in [-0.39, 0.29) is 17.1 Å². The molecule has 0 radical (unpaired) electrons. The van der Waals surface area contributed by atoms with E-state index in [4.69, 9.17) is 10.5 Å². The first-order valence-corrected chi connectivity index (χ1v) is 5.15. The maximum atomic E-state index is 11.4. The maximum Gasteiger partial charge on any atom is 0.266 e. The van der Waals surface area contributed by atoms with Gasteiger partial charge in [0.25, 0.3) is 5.56 Å². The molecule has 0 saturated carbocycles. The van der Waals surface area contributed by atoms with Crippen LogP contribution in [0.5, 0.6) is 0 Å². The summed E-state index contributed by atoms with van der Waals surface area (Å²) in [6.07, 6.45) is 1.80. The Labute approximate surface area is 90.4 Å². The number of H-pyrrole nitrogens is 1. The summed E-state index contributed by atoms with van der Waals surface area (Å²) in [6.45, 7) is 3.91. The molecule has 0 saturated heterocycles. The Hall–Kier alpha value is -1.85. The van der Waals surface area contributed by atoms with Gasteiger partial charge in [0.1, 0.15) is 16.8 Å². The largest absolute Gasteiger partial charge is 0.311 e. The van der Waals surface area contributed by atoms with E-state index in [1.165, 1.54) is 0 Å². The van der Waals surface area contributed by atoms with Crippen LogP contribution in [0.15, 0.2) is 4.79 Å². The molecular formula is C10H9N3OS. The number of nitriles is 2. The number of thiazole rings is 1. The SMILES string of the molecule is CC(C)/C=c1/sc(=C(C#N)C#N)[nH]c1=O. The van der Waals surface area contributed by atoms with Crippen molar-refractivity contribution in [2.75, 3.05) is 0 Å². The van der Waals surface area contributed by atoms with Crippen LogP contribution >= 0.6 is 11.3 Å². The minimum Gasteiger partial charge on any atom is -0.311 e. The lowest BCUT2D eigenvalue weighted by molar-refractivity contribution is 0.881. The smallest absolute Gasteiger partial charge is 0.266 e. The van der Waals surface area contributed by atoms with Crippen molar-refractivity contribution in [1.82, 2.24) is 4.98 Å². The molecule has 1 rings (SSSR count). The Kier molecular flexibility index (Phi) is 3.43. The Balaban J connectivity index is 3.58. The van der Waals surface area contributed by atoms with Crippen molar-refractivity contribution < 1.29 is 0 Å². The molecule has 1 aromatic heterocycles. The number of nitrogens with one attached hydrogen (secondary N) is 1. The summed E-state index contributed by atoms with van der Waals surface area (Å²) in [6, 6.07) is 3.49. The third-order valence-electron chi connectivity index (χ3n) is 1.60. The number of hydrogen-bond acceptors (Lipinski definition) is 4. The zero-order valence-corrected chi connectivity index (χ0v) is 9.18. The first-order chi connectivity index (χ1) is 7.08. The molecule has 0 amide bonds. The summed E-state index contributed by atoms with van der Waals surface area (Å²) in [5, 5.41) is 17.3. The first-order valence-electron chi connectivity index (χ1n) is 4.34. The van der Waals surface area contributed by atoms with Crippen molar-refractivity contribution in [1.29, 1.82) is 10.5 Å². The van der Waals surface area contributed by atoms with Gasteiger partial charge in [0.2, 0.25) is 0 Å². The minimum absolute atomic E-state index is 0.0551. The monoisotopic (exact) mass is 219 g/mol. The zero-order chi connectivity index (χ0) is 11.4. The van der Waals surface area contributed by atoms with Gasteiger partial charge in [0, 0.05) is 0 Å². The van der Waals surface area contributed by atoms with E-state index < -0.39 is 0 Å². The fourth-order valence-corrected chi connectivity index (χ4v) is 2.04. The zero-order valence-electron chi connectivity index (χ0n) is 8.37. The van der Waals surface area contributed by atoms with Crippen molar-refractivity contribution in [2.45, 2.75) is 13.8 Å². The van der Waals surface area contributed by atoms with Crippen molar-refractivity contribution in [2.24, 2.45) is 5.92 Å². The average Bonchev–Trinajstić information content (AvgIpc) is 2.49. The van der Waals surface area contributed by atoms with E-state index in [1.807, 2.05) is 13.8 Å². The van der Waals surface area contributed by atoms with Crippen LogP contribution in [0.4, 0.5) is 0 Å². The Bertz CT molecular complexity index is 591. The van der Waals surface area contributed by atoms with Gasteiger partial charge in [-0.1, -0.05) is 19.9 Å². The highest BCUT2D eigenvalue weighted by Crippen LogP contribution is 1.92. The number of hydrogen-bond donors (Lipinski definition) is 1. The summed E-state index contributed by atoms with van der Waals surface area (Å²) in [7, 11) is 0. The Morgan fingerprint density at radius 3 is 2.53 bits per heavy atom. The fraction of sp³-hybridized carbons (Fsp3) is 0.300. The normalized spacial score (nSPS) is 11.1. The van der Waals surface area contributed by atoms with Crippen LogP contribution in [0, 0.1) is 28.6 Å². The van der Waals surface area contributed by atoms with E-state index >= 15 is 0 Å². The summed E-state index contributed by atoms with van der Waals surface area (Å²) < 4.78 is 0.875. The average molecular weight is 219 g/mol. The van der Waals surface area contributed by atoms with Gasteiger partial charge in [-0.2, -0.15) is 10.5 Å². The molecule has 0 aliphatic heterocycles. The topological polar surface area (TPSA) is 80.4 Å². The predicted octanol–water partition coefficient (Wildman–Crippen LogP) is 0.0708. The van der Waals surface area contributed by atoms with Gasteiger partial charge in [-0.25, -0.2) is 0 Å². The molecule has 1 N–H and O–H groups in total. The van der Waals surface area contributed by atoms with Gasteiger partial charge < -0.3 is 4.98 Å². The quantitative estimate of drug-likeness (QED) is 0.725. The Morgan fingerprint density at radius 1 is 1.47 bits per heavy atom. The number of rotatable bonds is 1. The highest BCUT2D eigenvalue weighted by molar-refractivity contribution is 7.07.